The van der Waals surface area contributed by atoms with Crippen LogP contribution < -0.4 is 4.57 Å². The van der Waals surface area contributed by atoms with Crippen LogP contribution in [0, 0.1) is 13.8 Å². The zero-order valence-corrected chi connectivity index (χ0v) is 18.4. The van der Waals surface area contributed by atoms with Crippen molar-refractivity contribution in [2.75, 3.05) is 0 Å². The third-order valence-corrected chi connectivity index (χ3v) is 6.33. The van der Waals surface area contributed by atoms with Gasteiger partial charge in [-0.15, -0.1) is 0 Å². The highest BCUT2D eigenvalue weighted by Gasteiger charge is 2.22. The Labute approximate surface area is 186 Å². The average molecular weight is 416 g/mol. The van der Waals surface area contributed by atoms with E-state index in [9.17, 15) is 0 Å². The summed E-state index contributed by atoms with van der Waals surface area (Å²) in [6.45, 7) is 4.26. The largest absolute Gasteiger partial charge is 0.437 e. The van der Waals surface area contributed by atoms with Crippen LogP contribution in [0.5, 0.6) is 0 Å². The Morgan fingerprint density at radius 3 is 2.44 bits per heavy atom. The number of benzene rings is 3. The first kappa shape index (κ1) is 18.8. The molecule has 0 saturated carbocycles. The SMILES string of the molecule is Cc1ccc(-c2cc[n+](C)c(-c3c(C)ccc4c3oc3nc5ccccc5cc34)c2)cc1. The number of para-hydroxylation sites is 1. The molecule has 0 aliphatic rings. The van der Waals surface area contributed by atoms with Crippen molar-refractivity contribution in [3.63, 3.8) is 0 Å². The number of fused-ring (bicyclic) bond motifs is 4. The number of hydrogen-bond donors (Lipinski definition) is 0. The molecule has 154 valence electrons. The van der Waals surface area contributed by atoms with Crippen LogP contribution >= 0.6 is 0 Å². The standard InChI is InChI=1S/C29H23N2O/c1-18-8-11-20(12-9-18)21-14-15-31(3)26(17-21)27-19(2)10-13-23-24-16-22-6-4-5-7-25(22)30-29(24)32-28(23)27/h4-17H,1-3H3/q+1. The second-order valence-corrected chi connectivity index (χ2v) is 8.55. The number of hydrogen-bond acceptors (Lipinski definition) is 2. The van der Waals surface area contributed by atoms with Gasteiger partial charge < -0.3 is 4.42 Å². The van der Waals surface area contributed by atoms with Crippen molar-refractivity contribution in [2.24, 2.45) is 7.05 Å². The number of rotatable bonds is 2. The van der Waals surface area contributed by atoms with Crippen LogP contribution in [0.2, 0.25) is 0 Å². The molecule has 6 rings (SSSR count). The van der Waals surface area contributed by atoms with E-state index in [-0.39, 0.29) is 0 Å². The summed E-state index contributed by atoms with van der Waals surface area (Å²) < 4.78 is 8.58. The summed E-state index contributed by atoms with van der Waals surface area (Å²) in [6, 6.07) is 27.8. The fraction of sp³-hybridized carbons (Fsp3) is 0.103. The topological polar surface area (TPSA) is 29.9 Å². The van der Waals surface area contributed by atoms with Gasteiger partial charge in [0.25, 0.3) is 0 Å². The van der Waals surface area contributed by atoms with E-state index >= 15 is 0 Å². The molecule has 0 aliphatic carbocycles. The second kappa shape index (κ2) is 7.03. The van der Waals surface area contributed by atoms with Crippen LogP contribution in [-0.2, 0) is 7.05 Å². The van der Waals surface area contributed by atoms with E-state index in [1.807, 2.05) is 18.2 Å². The van der Waals surface area contributed by atoms with Gasteiger partial charge >= 0.3 is 0 Å². The minimum atomic E-state index is 0.683. The number of furan rings is 1. The lowest BCUT2D eigenvalue weighted by molar-refractivity contribution is -0.660. The number of aryl methyl sites for hydroxylation is 3. The first-order valence-electron chi connectivity index (χ1n) is 10.9. The minimum absolute atomic E-state index is 0.683. The maximum absolute atomic E-state index is 6.42. The van der Waals surface area contributed by atoms with Crippen LogP contribution in [0.4, 0.5) is 0 Å². The van der Waals surface area contributed by atoms with Crippen LogP contribution in [0.25, 0.3) is 55.4 Å². The molecule has 3 aromatic heterocycles. The van der Waals surface area contributed by atoms with Gasteiger partial charge in [-0.05, 0) is 42.7 Å². The van der Waals surface area contributed by atoms with E-state index in [0.29, 0.717) is 5.71 Å². The first-order valence-corrected chi connectivity index (χ1v) is 10.9. The van der Waals surface area contributed by atoms with Crippen molar-refractivity contribution >= 4 is 33.0 Å². The molecule has 3 nitrogen and oxygen atoms in total. The highest BCUT2D eigenvalue weighted by Crippen LogP contribution is 2.38. The molecule has 3 heteroatoms. The molecular formula is C29H23N2O+. The Morgan fingerprint density at radius 1 is 0.781 bits per heavy atom. The lowest BCUT2D eigenvalue weighted by Gasteiger charge is -2.08. The maximum Gasteiger partial charge on any atom is 0.227 e. The lowest BCUT2D eigenvalue weighted by atomic mass is 9.98. The monoisotopic (exact) mass is 415 g/mol. The zero-order valence-electron chi connectivity index (χ0n) is 18.4. The quantitative estimate of drug-likeness (QED) is 0.288. The van der Waals surface area contributed by atoms with Gasteiger partial charge in [0.05, 0.1) is 11.1 Å². The van der Waals surface area contributed by atoms with Crippen molar-refractivity contribution in [3.8, 4) is 22.4 Å². The van der Waals surface area contributed by atoms with Crippen molar-refractivity contribution in [2.45, 2.75) is 13.8 Å². The molecule has 0 bridgehead atoms. The number of pyridine rings is 2. The van der Waals surface area contributed by atoms with Crippen molar-refractivity contribution in [1.82, 2.24) is 4.98 Å². The molecule has 3 aromatic carbocycles. The van der Waals surface area contributed by atoms with Gasteiger partial charge in [0.2, 0.25) is 11.4 Å². The van der Waals surface area contributed by atoms with E-state index in [4.69, 9.17) is 9.40 Å². The summed E-state index contributed by atoms with van der Waals surface area (Å²) >= 11 is 0. The normalized spacial score (nSPS) is 11.6. The molecule has 0 fully saturated rings. The molecule has 0 amide bonds. The van der Waals surface area contributed by atoms with E-state index in [1.165, 1.54) is 22.3 Å². The average Bonchev–Trinajstić information content (AvgIpc) is 3.16. The van der Waals surface area contributed by atoms with Gasteiger partial charge in [-0.2, -0.15) is 0 Å². The molecule has 0 unspecified atom stereocenters. The molecule has 3 heterocycles. The summed E-state index contributed by atoms with van der Waals surface area (Å²) in [6.07, 6.45) is 2.12. The van der Waals surface area contributed by atoms with Crippen molar-refractivity contribution < 1.29 is 8.98 Å². The zero-order chi connectivity index (χ0) is 21.8. The summed E-state index contributed by atoms with van der Waals surface area (Å²) in [5.41, 5.74) is 9.59. The summed E-state index contributed by atoms with van der Waals surface area (Å²) in [5, 5.41) is 3.27. The third-order valence-electron chi connectivity index (χ3n) is 6.33. The predicted octanol–water partition coefficient (Wildman–Crippen LogP) is 6.91. The Bertz CT molecular complexity index is 1640. The Hall–Kier alpha value is -3.98. The van der Waals surface area contributed by atoms with Gasteiger partial charge in [-0.1, -0.05) is 60.2 Å². The van der Waals surface area contributed by atoms with Crippen LogP contribution in [-0.4, -0.2) is 4.98 Å². The lowest BCUT2D eigenvalue weighted by Crippen LogP contribution is -2.30. The van der Waals surface area contributed by atoms with Crippen molar-refractivity contribution in [3.05, 3.63) is 96.2 Å². The molecule has 0 radical (unpaired) electrons. The molecule has 32 heavy (non-hydrogen) atoms. The van der Waals surface area contributed by atoms with E-state index in [1.54, 1.807) is 0 Å². The van der Waals surface area contributed by atoms with Gasteiger partial charge in [-0.25, -0.2) is 9.55 Å². The molecule has 0 atom stereocenters. The maximum atomic E-state index is 6.42. The summed E-state index contributed by atoms with van der Waals surface area (Å²) in [7, 11) is 2.09. The first-order chi connectivity index (χ1) is 15.6. The van der Waals surface area contributed by atoms with E-state index in [0.717, 1.165) is 38.5 Å². The Morgan fingerprint density at radius 2 is 1.59 bits per heavy atom. The van der Waals surface area contributed by atoms with Gasteiger partial charge in [0.1, 0.15) is 7.05 Å². The van der Waals surface area contributed by atoms with Gasteiger partial charge in [0.15, 0.2) is 11.8 Å². The predicted molar refractivity (Wildman–Crippen MR) is 131 cm³/mol. The summed E-state index contributed by atoms with van der Waals surface area (Å²) in [4.78, 5) is 4.80. The number of nitrogens with zero attached hydrogens (tertiary/aromatic N) is 2. The molecule has 0 saturated heterocycles. The highest BCUT2D eigenvalue weighted by atomic mass is 16.3. The van der Waals surface area contributed by atoms with E-state index < -0.39 is 0 Å². The van der Waals surface area contributed by atoms with Crippen LogP contribution in [0.3, 0.4) is 0 Å². The number of aromatic nitrogens is 2. The fourth-order valence-corrected chi connectivity index (χ4v) is 4.53. The third kappa shape index (κ3) is 2.89. The molecule has 6 aromatic rings. The highest BCUT2D eigenvalue weighted by molar-refractivity contribution is 6.11. The van der Waals surface area contributed by atoms with E-state index in [2.05, 4.69) is 92.3 Å². The Balaban J connectivity index is 1.63. The summed E-state index contributed by atoms with van der Waals surface area (Å²) in [5.74, 6) is 0. The molecular weight excluding hydrogens is 392 g/mol. The van der Waals surface area contributed by atoms with Gasteiger partial charge in [0, 0.05) is 28.3 Å². The second-order valence-electron chi connectivity index (χ2n) is 8.55. The Kier molecular flexibility index (Phi) is 4.12. The van der Waals surface area contributed by atoms with Crippen molar-refractivity contribution in [1.29, 1.82) is 0 Å². The molecule has 0 spiro atoms. The minimum Gasteiger partial charge on any atom is -0.437 e. The fourth-order valence-electron chi connectivity index (χ4n) is 4.53. The van der Waals surface area contributed by atoms with Gasteiger partial charge in [-0.3, -0.25) is 0 Å². The van der Waals surface area contributed by atoms with Crippen LogP contribution in [0.1, 0.15) is 11.1 Å². The molecule has 0 aliphatic heterocycles. The molecule has 0 N–H and O–H groups in total. The van der Waals surface area contributed by atoms with Crippen LogP contribution in [0.15, 0.2) is 89.5 Å². The smallest absolute Gasteiger partial charge is 0.227 e.